The number of allylic oxidation sites excluding steroid dienone is 1. The summed E-state index contributed by atoms with van der Waals surface area (Å²) in [4.78, 5) is 0. The first-order valence-electron chi connectivity index (χ1n) is 6.98. The topological polar surface area (TPSA) is 37.1 Å². The number of rotatable bonds is 5. The van der Waals surface area contributed by atoms with Crippen LogP contribution in [-0.2, 0) is 10.0 Å². The van der Waals surface area contributed by atoms with Crippen molar-refractivity contribution in [1.82, 2.24) is 4.31 Å². The van der Waals surface area contributed by atoms with Gasteiger partial charge in [-0.1, -0.05) is 36.9 Å². The minimum atomic E-state index is -3.16. The van der Waals surface area contributed by atoms with E-state index in [2.05, 4.69) is 6.58 Å². The highest BCUT2D eigenvalue weighted by atomic mass is 32.2. The molecule has 1 aromatic carbocycles. The normalized spacial score (nSPS) is 22.6. The Hall–Kier alpha value is -1.13. The maximum Gasteiger partial charge on any atom is 0.219 e. The molecule has 4 heteroatoms. The van der Waals surface area contributed by atoms with Crippen LogP contribution in [0.25, 0.3) is 5.57 Å². The molecule has 1 aliphatic rings. The SMILES string of the molecule is C=C(CCC1CN1S(=O)(=O)C(C)(C)C)c1ccccc1. The molecular formula is C16H23NO2S. The van der Waals surface area contributed by atoms with E-state index in [1.54, 1.807) is 25.1 Å². The van der Waals surface area contributed by atoms with Crippen LogP contribution in [0.4, 0.5) is 0 Å². The third kappa shape index (κ3) is 3.13. The summed E-state index contributed by atoms with van der Waals surface area (Å²) in [7, 11) is -3.16. The number of hydrogen-bond acceptors (Lipinski definition) is 2. The van der Waals surface area contributed by atoms with E-state index >= 15 is 0 Å². The highest BCUT2D eigenvalue weighted by Gasteiger charge is 2.48. The Morgan fingerprint density at radius 2 is 1.90 bits per heavy atom. The molecule has 2 unspecified atom stereocenters. The highest BCUT2D eigenvalue weighted by molar-refractivity contribution is 7.90. The molecule has 1 saturated heterocycles. The van der Waals surface area contributed by atoms with E-state index in [0.717, 1.165) is 24.0 Å². The first-order valence-corrected chi connectivity index (χ1v) is 8.42. The predicted octanol–water partition coefficient (Wildman–Crippen LogP) is 3.29. The summed E-state index contributed by atoms with van der Waals surface area (Å²) in [6.45, 7) is 10.00. The molecule has 0 spiro atoms. The lowest BCUT2D eigenvalue weighted by atomic mass is 10.0. The van der Waals surface area contributed by atoms with Gasteiger partial charge in [-0.2, -0.15) is 4.31 Å². The van der Waals surface area contributed by atoms with Gasteiger partial charge >= 0.3 is 0 Å². The average Bonchev–Trinajstić information content (AvgIpc) is 3.16. The molecule has 1 fully saturated rings. The Labute approximate surface area is 122 Å². The quantitative estimate of drug-likeness (QED) is 0.781. The molecule has 2 atom stereocenters. The van der Waals surface area contributed by atoms with Gasteiger partial charge in [-0.25, -0.2) is 8.42 Å². The summed E-state index contributed by atoms with van der Waals surface area (Å²) in [5.74, 6) is 0. The molecule has 0 aromatic heterocycles. The molecule has 0 N–H and O–H groups in total. The van der Waals surface area contributed by atoms with Crippen molar-refractivity contribution in [3.8, 4) is 0 Å². The molecule has 1 heterocycles. The van der Waals surface area contributed by atoms with Gasteiger partial charge in [-0.3, -0.25) is 0 Å². The number of nitrogens with zero attached hydrogens (tertiary/aromatic N) is 1. The second kappa shape index (κ2) is 5.34. The highest BCUT2D eigenvalue weighted by Crippen LogP contribution is 2.34. The predicted molar refractivity (Wildman–Crippen MR) is 83.9 cm³/mol. The maximum atomic E-state index is 12.2. The van der Waals surface area contributed by atoms with Gasteiger partial charge in [0.1, 0.15) is 0 Å². The van der Waals surface area contributed by atoms with E-state index in [1.165, 1.54) is 0 Å². The summed E-state index contributed by atoms with van der Waals surface area (Å²) < 4.78 is 25.4. The van der Waals surface area contributed by atoms with E-state index in [0.29, 0.717) is 6.54 Å². The molecular weight excluding hydrogens is 270 g/mol. The zero-order valence-electron chi connectivity index (χ0n) is 12.5. The third-order valence-corrected chi connectivity index (χ3v) is 6.32. The molecule has 0 saturated carbocycles. The standard InChI is InChI=1S/C16H23NO2S/c1-13(14-8-6-5-7-9-14)10-11-15-12-17(15)20(18,19)16(2,3)4/h5-9,15H,1,10-12H2,2-4H3. The fourth-order valence-corrected chi connectivity index (χ4v) is 3.77. The molecule has 0 amide bonds. The summed E-state index contributed by atoms with van der Waals surface area (Å²) in [5.41, 5.74) is 2.21. The molecule has 2 rings (SSSR count). The molecule has 1 aromatic rings. The van der Waals surface area contributed by atoms with E-state index in [4.69, 9.17) is 0 Å². The van der Waals surface area contributed by atoms with Gasteiger partial charge < -0.3 is 0 Å². The summed E-state index contributed by atoms with van der Waals surface area (Å²) in [6, 6.07) is 10.2. The van der Waals surface area contributed by atoms with Gasteiger partial charge in [0.25, 0.3) is 0 Å². The van der Waals surface area contributed by atoms with Crippen LogP contribution in [0, 0.1) is 0 Å². The van der Waals surface area contributed by atoms with Crippen molar-refractivity contribution in [2.45, 2.75) is 44.4 Å². The second-order valence-electron chi connectivity index (χ2n) is 6.35. The van der Waals surface area contributed by atoms with Crippen LogP contribution >= 0.6 is 0 Å². The molecule has 1 aliphatic heterocycles. The zero-order chi connectivity index (χ0) is 15.0. The van der Waals surface area contributed by atoms with Crippen LogP contribution in [-0.4, -0.2) is 30.1 Å². The van der Waals surface area contributed by atoms with E-state index in [1.807, 2.05) is 30.3 Å². The fraction of sp³-hybridized carbons (Fsp3) is 0.500. The first-order chi connectivity index (χ1) is 9.23. The van der Waals surface area contributed by atoms with Crippen LogP contribution in [0.5, 0.6) is 0 Å². The van der Waals surface area contributed by atoms with Crippen molar-refractivity contribution in [3.63, 3.8) is 0 Å². The maximum absolute atomic E-state index is 12.2. The van der Waals surface area contributed by atoms with Crippen molar-refractivity contribution in [3.05, 3.63) is 42.5 Å². The Morgan fingerprint density at radius 1 is 1.30 bits per heavy atom. The van der Waals surface area contributed by atoms with Crippen LogP contribution in [0.15, 0.2) is 36.9 Å². The van der Waals surface area contributed by atoms with Crippen molar-refractivity contribution in [2.24, 2.45) is 0 Å². The third-order valence-electron chi connectivity index (χ3n) is 3.71. The van der Waals surface area contributed by atoms with Crippen LogP contribution in [0.2, 0.25) is 0 Å². The summed E-state index contributed by atoms with van der Waals surface area (Å²) >= 11 is 0. The average molecular weight is 293 g/mol. The number of benzene rings is 1. The Kier molecular flexibility index (Phi) is 4.07. The smallest absolute Gasteiger partial charge is 0.212 e. The Morgan fingerprint density at radius 3 is 2.45 bits per heavy atom. The van der Waals surface area contributed by atoms with E-state index < -0.39 is 14.8 Å². The second-order valence-corrected chi connectivity index (χ2v) is 8.99. The van der Waals surface area contributed by atoms with E-state index in [-0.39, 0.29) is 6.04 Å². The van der Waals surface area contributed by atoms with Gasteiger partial charge in [-0.15, -0.1) is 0 Å². The lowest BCUT2D eigenvalue weighted by Crippen LogP contribution is -2.34. The molecule has 0 aliphatic carbocycles. The molecule has 20 heavy (non-hydrogen) atoms. The van der Waals surface area contributed by atoms with Gasteiger partial charge in [0, 0.05) is 12.6 Å². The van der Waals surface area contributed by atoms with Crippen LogP contribution in [0.3, 0.4) is 0 Å². The lowest BCUT2D eigenvalue weighted by Gasteiger charge is -2.20. The van der Waals surface area contributed by atoms with Gasteiger partial charge in [0.05, 0.1) is 4.75 Å². The van der Waals surface area contributed by atoms with Crippen LogP contribution < -0.4 is 0 Å². The van der Waals surface area contributed by atoms with Crippen molar-refractivity contribution >= 4 is 15.6 Å². The van der Waals surface area contributed by atoms with Gasteiger partial charge in [0.2, 0.25) is 10.0 Å². The van der Waals surface area contributed by atoms with Crippen molar-refractivity contribution < 1.29 is 8.42 Å². The van der Waals surface area contributed by atoms with Gasteiger partial charge in [0.15, 0.2) is 0 Å². The minimum absolute atomic E-state index is 0.152. The Balaban J connectivity index is 1.88. The van der Waals surface area contributed by atoms with Crippen LogP contribution in [0.1, 0.15) is 39.2 Å². The molecule has 3 nitrogen and oxygen atoms in total. The monoisotopic (exact) mass is 293 g/mol. The molecule has 0 bridgehead atoms. The number of hydrogen-bond donors (Lipinski definition) is 0. The van der Waals surface area contributed by atoms with Gasteiger partial charge in [-0.05, 0) is 44.7 Å². The lowest BCUT2D eigenvalue weighted by molar-refractivity contribution is 0.513. The fourth-order valence-electron chi connectivity index (χ4n) is 2.20. The van der Waals surface area contributed by atoms with E-state index in [9.17, 15) is 8.42 Å². The number of sulfonamides is 1. The van der Waals surface area contributed by atoms with Crippen molar-refractivity contribution in [1.29, 1.82) is 0 Å². The van der Waals surface area contributed by atoms with Crippen molar-refractivity contribution in [2.75, 3.05) is 6.54 Å². The first kappa shape index (κ1) is 15.3. The summed E-state index contributed by atoms with van der Waals surface area (Å²) in [5, 5.41) is 0. The summed E-state index contributed by atoms with van der Waals surface area (Å²) in [6.07, 6.45) is 1.69. The minimum Gasteiger partial charge on any atom is -0.212 e. The molecule has 0 radical (unpaired) electrons. The zero-order valence-corrected chi connectivity index (χ0v) is 13.3. The largest absolute Gasteiger partial charge is 0.219 e. The molecule has 110 valence electrons. The Bertz CT molecular complexity index is 585.